The van der Waals surface area contributed by atoms with Crippen LogP contribution in [-0.4, -0.2) is 50.7 Å². The molecule has 200 valence electrons. The minimum absolute atomic E-state index is 0.0260. The number of hydrogen-bond donors (Lipinski definition) is 2. The summed E-state index contributed by atoms with van der Waals surface area (Å²) < 4.78 is 62.0. The number of rotatable bonds is 9. The number of nitrogens with one attached hydrogen (secondary N) is 1. The van der Waals surface area contributed by atoms with Crippen molar-refractivity contribution in [1.29, 1.82) is 0 Å². The fraction of sp³-hybridized carbons (Fsp3) is 0.192. The number of halogens is 3. The highest BCUT2D eigenvalue weighted by Gasteiger charge is 2.17. The van der Waals surface area contributed by atoms with Crippen LogP contribution in [0.2, 0.25) is 0 Å². The number of carbonyl (C=O) groups excluding carboxylic acids is 1. The predicted molar refractivity (Wildman–Crippen MR) is 135 cm³/mol. The molecule has 4 aromatic rings. The van der Waals surface area contributed by atoms with E-state index < -0.39 is 23.3 Å². The van der Waals surface area contributed by atoms with Crippen LogP contribution in [0, 0.1) is 17.6 Å². The van der Waals surface area contributed by atoms with Gasteiger partial charge in [0.15, 0.2) is 35.2 Å². The summed E-state index contributed by atoms with van der Waals surface area (Å²) in [6.45, 7) is 1.10. The second-order valence-corrected chi connectivity index (χ2v) is 7.53. The molecule has 9 nitrogen and oxygen atoms in total. The molecule has 0 atom stereocenters. The fourth-order valence-electron chi connectivity index (χ4n) is 3.26. The Balaban J connectivity index is 0.000000304. The quantitative estimate of drug-likeness (QED) is 0.139. The van der Waals surface area contributed by atoms with Crippen LogP contribution in [0.4, 0.5) is 18.9 Å². The van der Waals surface area contributed by atoms with Gasteiger partial charge in [-0.3, -0.25) is 9.78 Å². The Hall–Kier alpha value is -4.58. The molecule has 4 rings (SSSR count). The molecule has 0 unspecified atom stereocenters. The maximum atomic E-state index is 14.1. The van der Waals surface area contributed by atoms with Crippen LogP contribution >= 0.6 is 0 Å². The average molecular weight is 531 g/mol. The van der Waals surface area contributed by atoms with E-state index in [0.29, 0.717) is 41.8 Å². The maximum Gasteiger partial charge on any atom is 0.227 e. The van der Waals surface area contributed by atoms with Crippen molar-refractivity contribution in [2.45, 2.75) is 0 Å². The number of hydrogen-bond acceptors (Lipinski definition) is 9. The number of fused-ring (bicyclic) bond motifs is 1. The monoisotopic (exact) mass is 530 g/mol. The molecule has 38 heavy (non-hydrogen) atoms. The Morgan fingerprint density at radius 1 is 0.921 bits per heavy atom. The van der Waals surface area contributed by atoms with Gasteiger partial charge in [0.05, 0.1) is 19.7 Å². The first-order valence-electron chi connectivity index (χ1n) is 11.1. The third kappa shape index (κ3) is 6.59. The molecule has 0 saturated heterocycles. The number of nitrogens with zero attached hydrogens (tertiary/aromatic N) is 2. The van der Waals surface area contributed by atoms with E-state index in [2.05, 4.69) is 15.3 Å². The van der Waals surface area contributed by atoms with E-state index in [9.17, 15) is 18.0 Å². The molecular formula is C26H25F3N4O5. The van der Waals surface area contributed by atoms with Crippen molar-refractivity contribution in [3.8, 4) is 28.7 Å². The molecule has 2 aromatic carbocycles. The summed E-state index contributed by atoms with van der Waals surface area (Å²) in [6, 6.07) is 8.27. The number of methoxy groups -OCH3 is 2. The van der Waals surface area contributed by atoms with E-state index in [4.69, 9.17) is 24.7 Å². The van der Waals surface area contributed by atoms with E-state index in [1.165, 1.54) is 38.7 Å². The third-order valence-electron chi connectivity index (χ3n) is 5.07. The Bertz CT molecular complexity index is 1400. The normalized spacial score (nSPS) is 10.4. The highest BCUT2D eigenvalue weighted by atomic mass is 19.1. The molecule has 0 aliphatic carbocycles. The van der Waals surface area contributed by atoms with Crippen molar-refractivity contribution in [1.82, 2.24) is 15.3 Å². The average Bonchev–Trinajstić information content (AvgIpc) is 2.90. The van der Waals surface area contributed by atoms with Crippen molar-refractivity contribution in [2.75, 3.05) is 40.2 Å². The summed E-state index contributed by atoms with van der Waals surface area (Å²) in [5.74, 6) is -1.74. The largest absolute Gasteiger partial charge is 0.496 e. The molecule has 12 heteroatoms. The Morgan fingerprint density at radius 2 is 1.58 bits per heavy atom. The van der Waals surface area contributed by atoms with E-state index in [1.807, 2.05) is 7.05 Å². The van der Waals surface area contributed by atoms with Gasteiger partial charge in [-0.2, -0.15) is 4.39 Å². The van der Waals surface area contributed by atoms with Crippen LogP contribution in [-0.2, 0) is 0 Å². The summed E-state index contributed by atoms with van der Waals surface area (Å²) >= 11 is 0. The summed E-state index contributed by atoms with van der Waals surface area (Å²) in [5.41, 5.74) is 5.80. The molecule has 0 aliphatic rings. The summed E-state index contributed by atoms with van der Waals surface area (Å²) in [5, 5.41) is 3.50. The highest BCUT2D eigenvalue weighted by Crippen LogP contribution is 2.38. The molecule has 0 bridgehead atoms. The van der Waals surface area contributed by atoms with E-state index in [-0.39, 0.29) is 22.7 Å². The number of anilines is 1. The second-order valence-electron chi connectivity index (χ2n) is 7.53. The number of aromatic nitrogens is 2. The second kappa shape index (κ2) is 13.1. The number of nitrogens with two attached hydrogens (primary N) is 1. The van der Waals surface area contributed by atoms with Crippen LogP contribution in [0.5, 0.6) is 28.7 Å². The minimum atomic E-state index is -0.892. The smallest absolute Gasteiger partial charge is 0.227 e. The van der Waals surface area contributed by atoms with Crippen LogP contribution < -0.4 is 30.0 Å². The number of likely N-dealkylation sites (N-methyl/N-ethyl adjacent to an activating group) is 1. The highest BCUT2D eigenvalue weighted by molar-refractivity contribution is 5.88. The number of pyridine rings is 2. The van der Waals surface area contributed by atoms with Gasteiger partial charge in [-0.25, -0.2) is 13.8 Å². The molecule has 0 spiro atoms. The van der Waals surface area contributed by atoms with Gasteiger partial charge in [-0.05, 0) is 25.2 Å². The lowest BCUT2D eigenvalue weighted by atomic mass is 10.1. The first kappa shape index (κ1) is 28.0. The maximum absolute atomic E-state index is 14.1. The van der Waals surface area contributed by atoms with Crippen molar-refractivity contribution in [3.63, 3.8) is 0 Å². The number of nitrogen functional groups attached to an aromatic ring is 1. The lowest BCUT2D eigenvalue weighted by Gasteiger charge is -2.14. The number of carbonyl (C=O) groups is 1. The zero-order valence-electron chi connectivity index (χ0n) is 20.8. The summed E-state index contributed by atoms with van der Waals surface area (Å²) in [6.07, 6.45) is 3.09. The molecule has 2 aromatic heterocycles. The Labute approximate surface area is 216 Å². The van der Waals surface area contributed by atoms with Gasteiger partial charge in [0, 0.05) is 48.2 Å². The van der Waals surface area contributed by atoms with Crippen LogP contribution in [0.25, 0.3) is 10.9 Å². The topological polar surface area (TPSA) is 118 Å². The molecule has 3 N–H and O–H groups in total. The van der Waals surface area contributed by atoms with Gasteiger partial charge in [0.1, 0.15) is 23.7 Å². The van der Waals surface area contributed by atoms with Crippen molar-refractivity contribution >= 4 is 22.9 Å². The number of benzene rings is 2. The molecule has 0 fully saturated rings. The standard InChI is InChI=1S/C19H19F2N3O3.C7H6FNO2/c1-23-5-6-26-18-10-15-12(9-17(18)25-2)16(3-4-24-15)27-19-13(20)7-11(22)8-14(19)21;1-11-6-2-3-9-7(8)5(6)4-10/h3-4,7-10,23H,5-6,22H2,1-2H3;2-4H,1H3. The SMILES string of the molecule is CNCCOc1cc2nccc(Oc3c(F)cc(N)cc3F)c2cc1OC.COc1ccnc(F)c1C=O. The molecule has 0 saturated carbocycles. The first-order chi connectivity index (χ1) is 18.3. The van der Waals surface area contributed by atoms with Crippen molar-refractivity contribution in [3.05, 3.63) is 71.9 Å². The van der Waals surface area contributed by atoms with E-state index >= 15 is 0 Å². The lowest BCUT2D eigenvalue weighted by molar-refractivity contribution is 0.111. The van der Waals surface area contributed by atoms with Crippen LogP contribution in [0.3, 0.4) is 0 Å². The van der Waals surface area contributed by atoms with Gasteiger partial charge in [-0.1, -0.05) is 0 Å². The van der Waals surface area contributed by atoms with E-state index in [1.54, 1.807) is 12.1 Å². The predicted octanol–water partition coefficient (Wildman–Crippen LogP) is 4.54. The van der Waals surface area contributed by atoms with Crippen LogP contribution in [0.15, 0.2) is 48.8 Å². The van der Waals surface area contributed by atoms with Crippen molar-refractivity contribution in [2.24, 2.45) is 0 Å². The van der Waals surface area contributed by atoms with Crippen LogP contribution in [0.1, 0.15) is 10.4 Å². The fourth-order valence-corrected chi connectivity index (χ4v) is 3.26. The number of ether oxygens (including phenoxy) is 4. The zero-order chi connectivity index (χ0) is 27.7. The first-order valence-corrected chi connectivity index (χ1v) is 11.1. The lowest BCUT2D eigenvalue weighted by Crippen LogP contribution is -2.16. The number of aldehydes is 1. The Morgan fingerprint density at radius 3 is 2.18 bits per heavy atom. The van der Waals surface area contributed by atoms with Gasteiger partial charge >= 0.3 is 0 Å². The van der Waals surface area contributed by atoms with Gasteiger partial charge < -0.3 is 30.0 Å². The molecule has 0 radical (unpaired) electrons. The van der Waals surface area contributed by atoms with Crippen molar-refractivity contribution < 1.29 is 36.9 Å². The summed E-state index contributed by atoms with van der Waals surface area (Å²) in [7, 11) is 4.69. The van der Waals surface area contributed by atoms with E-state index in [0.717, 1.165) is 12.1 Å². The molecular weight excluding hydrogens is 505 g/mol. The van der Waals surface area contributed by atoms with Gasteiger partial charge in [-0.15, -0.1) is 0 Å². The Kier molecular flexibility index (Phi) is 9.66. The molecule has 2 heterocycles. The van der Waals surface area contributed by atoms with Gasteiger partial charge in [0.25, 0.3) is 0 Å². The third-order valence-corrected chi connectivity index (χ3v) is 5.07. The zero-order valence-corrected chi connectivity index (χ0v) is 20.8. The molecule has 0 amide bonds. The summed E-state index contributed by atoms with van der Waals surface area (Å²) in [4.78, 5) is 17.8. The van der Waals surface area contributed by atoms with Gasteiger partial charge in [0.2, 0.25) is 5.95 Å². The minimum Gasteiger partial charge on any atom is -0.496 e. The molecule has 0 aliphatic heterocycles.